The third-order valence-corrected chi connectivity index (χ3v) is 20.2. The van der Waals surface area contributed by atoms with Crippen LogP contribution in [-0.2, 0) is 162 Å². The number of ether oxygens (including phenoxy) is 7. The zero-order valence-electron chi connectivity index (χ0n) is 76.3. The molecule has 10 rings (SSSR count). The number of hydrogen-bond acceptors (Lipinski definition) is 27. The molecule has 0 aliphatic rings. The number of carbonyl (C=O) groups is 9. The van der Waals surface area contributed by atoms with Crippen LogP contribution in [0.15, 0.2) is 212 Å². The highest BCUT2D eigenvalue weighted by atomic mass is 79.9. The van der Waals surface area contributed by atoms with Crippen LogP contribution in [0.25, 0.3) is 0 Å². The summed E-state index contributed by atoms with van der Waals surface area (Å²) in [6.07, 6.45) is 1.71. The Labute approximate surface area is 788 Å². The number of alkyl halides is 1. The van der Waals surface area contributed by atoms with E-state index in [4.69, 9.17) is 58.1 Å². The number of carbonyl (C=O) groups excluding carboxylic acids is 8. The van der Waals surface area contributed by atoms with Crippen molar-refractivity contribution in [3.05, 3.63) is 306 Å². The summed E-state index contributed by atoms with van der Waals surface area (Å²) >= 11 is 15.5. The van der Waals surface area contributed by atoms with E-state index in [1.807, 2.05) is 221 Å². The van der Waals surface area contributed by atoms with Gasteiger partial charge >= 0.3 is 29.8 Å². The number of aromatic nitrogens is 4. The van der Waals surface area contributed by atoms with Crippen LogP contribution in [0.1, 0.15) is 110 Å². The number of nitrogens with zero attached hydrogens (tertiary/aromatic N) is 6. The number of benzene rings is 6. The van der Waals surface area contributed by atoms with Crippen molar-refractivity contribution in [3.8, 4) is 0 Å². The van der Waals surface area contributed by atoms with Crippen molar-refractivity contribution in [1.29, 1.82) is 0 Å². The molecule has 4 heterocycles. The maximum absolute atomic E-state index is 12.6. The fourth-order valence-corrected chi connectivity index (χ4v) is 12.9. The zero-order valence-corrected chi connectivity index (χ0v) is 79.4. The quantitative estimate of drug-likeness (QED) is 0.00971. The SMILES string of the molecule is CN(C)c1cccc(CO)n1.CNc1cccc(COCc2ccc(C[C@H](N)C(=O)OC)cc2)n1.CNc1cccc(COCc2ccc(C[C@H](NC(=O)c3c(Cl)cccc3Cl)C(=O)O)cc2)n1.COC(=O)[C@H](Cc1ccc(CBr)cc1)NC(C)=O.COC(=O)[C@H](Cc1ccc(CO)cc1)NC(C)=O.COC(=O)[C@H](Cc1ccc(COCc2cccc(N(C)C)n2)cc1)NC(C)=O. The zero-order chi connectivity index (χ0) is 97.0. The Kier molecular flexibility index (Phi) is 50.0. The van der Waals surface area contributed by atoms with E-state index in [1.54, 1.807) is 31.3 Å². The van der Waals surface area contributed by atoms with Gasteiger partial charge in [-0.1, -0.05) is 191 Å². The standard InChI is InChI=1S/C24H23Cl2N3O4.C21H27N3O4.C18H23N3O3.C13H16BrNO3.C13H17NO4.C8H12N2O/c1-27-21-7-2-4-17(28-21)14-33-13-16-10-8-15(9-11-16)12-20(24(31)32)29-23(30)22-18(25)5-3-6-19(22)26;1-15(25)22-19(21(26)27-4)12-16-8-10-17(11-9-16)13-28-14-18-6-5-7-20(23-18)24(2)3;1-20-17-5-3-4-15(21-17)12-24-11-14-8-6-13(7-9-14)10-16(19)18(22)23-2;1-9(16)15-12(13(17)18-2)7-10-3-5-11(8-14)6-4-10;1-9(16)14-12(13(17)18-2)7-10-3-5-11(8-15)6-4-10;1-10(2)8-5-3-4-7(6-11)9-8/h2-11,20H,12-14H2,1H3,(H,27,28)(H,29,30)(H,31,32);5-11,19H,12-14H2,1-4H3,(H,22,25);3-9,16H,10-12,19H2,1-2H3,(H,20,21);3-6,12H,7-8H2,1-2H3,(H,15,16);3-6,12,15H,7-8H2,1-2H3,(H,14,16);3-5,11H,6H2,1-2H3/t20-;19-;16-;2*12-;/m00000./s1. The number of pyridine rings is 4. The summed E-state index contributed by atoms with van der Waals surface area (Å²) in [5.74, 6) is -1.01. The van der Waals surface area contributed by atoms with Gasteiger partial charge in [0.25, 0.3) is 5.91 Å². The lowest BCUT2D eigenvalue weighted by molar-refractivity contribution is -0.145. The van der Waals surface area contributed by atoms with Gasteiger partial charge in [-0.25, -0.2) is 39.1 Å². The van der Waals surface area contributed by atoms with E-state index in [9.17, 15) is 48.3 Å². The van der Waals surface area contributed by atoms with Gasteiger partial charge in [0.1, 0.15) is 53.5 Å². The lowest BCUT2D eigenvalue weighted by Crippen LogP contribution is -2.42. The minimum atomic E-state index is -1.16. The Balaban J connectivity index is 0.000000288. The Hall–Kier alpha value is -12.8. The number of halogens is 3. The van der Waals surface area contributed by atoms with Gasteiger partial charge in [0.05, 0.1) is 120 Å². The van der Waals surface area contributed by atoms with Gasteiger partial charge in [-0.05, 0) is 123 Å². The van der Waals surface area contributed by atoms with E-state index in [0.717, 1.165) is 101 Å². The molecule has 32 nitrogen and oxygen atoms in total. The molecular formula is C97H118BrCl2N13O19. The Bertz CT molecular complexity index is 5140. The number of aliphatic carboxylic acids is 1. The topological polar surface area (TPSA) is 435 Å². The molecule has 10 aromatic rings. The van der Waals surface area contributed by atoms with E-state index in [1.165, 1.54) is 61.3 Å². The molecule has 4 aromatic heterocycles. The molecule has 0 fully saturated rings. The Morgan fingerprint density at radius 3 is 0.977 bits per heavy atom. The monoisotopic (exact) mass is 1920 g/mol. The predicted octanol–water partition coefficient (Wildman–Crippen LogP) is 11.4. The number of rotatable bonds is 39. The lowest BCUT2D eigenvalue weighted by Gasteiger charge is -2.16. The highest BCUT2D eigenvalue weighted by Crippen LogP contribution is 2.25. The number of esters is 4. The van der Waals surface area contributed by atoms with Crippen LogP contribution in [0, 0.1) is 0 Å². The number of carboxylic acids is 1. The van der Waals surface area contributed by atoms with Crippen LogP contribution in [0.4, 0.5) is 23.3 Å². The molecule has 0 aliphatic heterocycles. The van der Waals surface area contributed by atoms with Crippen molar-refractivity contribution in [3.63, 3.8) is 0 Å². The van der Waals surface area contributed by atoms with Crippen molar-refractivity contribution in [1.82, 2.24) is 41.2 Å². The highest BCUT2D eigenvalue weighted by molar-refractivity contribution is 9.08. The van der Waals surface area contributed by atoms with Gasteiger partial charge in [-0.15, -0.1) is 0 Å². The van der Waals surface area contributed by atoms with Crippen molar-refractivity contribution in [2.75, 3.05) is 91.2 Å². The summed E-state index contributed by atoms with van der Waals surface area (Å²) in [5, 5.41) is 44.6. The van der Waals surface area contributed by atoms with Crippen LogP contribution in [0.3, 0.4) is 0 Å². The number of carboxylic acid groups (broad SMARTS) is 1. The second-order valence-corrected chi connectivity index (χ2v) is 31.1. The van der Waals surface area contributed by atoms with E-state index in [2.05, 4.69) is 82.0 Å². The minimum Gasteiger partial charge on any atom is -0.480 e. The number of nitrogens with two attached hydrogens (primary N) is 1. The van der Waals surface area contributed by atoms with E-state index in [-0.39, 0.29) is 53.0 Å². The predicted molar refractivity (Wildman–Crippen MR) is 510 cm³/mol. The first kappa shape index (κ1) is 110. The number of aliphatic hydroxyl groups excluding tert-OH is 2. The smallest absolute Gasteiger partial charge is 0.328 e. The van der Waals surface area contributed by atoms with Gasteiger partial charge in [-0.3, -0.25) is 24.0 Å². The van der Waals surface area contributed by atoms with E-state index < -0.39 is 66.0 Å². The molecular weight excluding hydrogens is 1800 g/mol. The molecule has 0 spiro atoms. The minimum absolute atomic E-state index is 0.00167. The number of amides is 4. The van der Waals surface area contributed by atoms with E-state index >= 15 is 0 Å². The summed E-state index contributed by atoms with van der Waals surface area (Å²) in [5.41, 5.74) is 18.6. The highest BCUT2D eigenvalue weighted by Gasteiger charge is 2.26. The van der Waals surface area contributed by atoms with Gasteiger partial charge in [-0.2, -0.15) is 0 Å². The molecule has 0 saturated heterocycles. The average Bonchev–Trinajstić information content (AvgIpc) is 0.828. The Morgan fingerprint density at radius 2 is 0.667 bits per heavy atom. The van der Waals surface area contributed by atoms with Crippen LogP contribution in [-0.4, -0.2) is 190 Å². The molecule has 706 valence electrons. The molecule has 5 atom stereocenters. The van der Waals surface area contributed by atoms with Crippen LogP contribution >= 0.6 is 39.1 Å². The maximum Gasteiger partial charge on any atom is 0.328 e. The third-order valence-electron chi connectivity index (χ3n) is 18.9. The van der Waals surface area contributed by atoms with Gasteiger partial charge in [0.2, 0.25) is 17.7 Å². The van der Waals surface area contributed by atoms with Gasteiger partial charge < -0.3 is 95.9 Å². The molecule has 6 aromatic carbocycles. The summed E-state index contributed by atoms with van der Waals surface area (Å²) in [6.45, 7) is 6.67. The molecule has 132 heavy (non-hydrogen) atoms. The summed E-state index contributed by atoms with van der Waals surface area (Å²) in [4.78, 5) is 125. The molecule has 11 N–H and O–H groups in total. The van der Waals surface area contributed by atoms with Gasteiger partial charge in [0, 0.05) is 94.1 Å². The van der Waals surface area contributed by atoms with Crippen molar-refractivity contribution >= 4 is 116 Å². The number of methoxy groups -OCH3 is 4. The van der Waals surface area contributed by atoms with Crippen LogP contribution < -0.4 is 47.4 Å². The molecule has 0 aliphatic carbocycles. The second-order valence-electron chi connectivity index (χ2n) is 29.7. The van der Waals surface area contributed by atoms with E-state index in [0.29, 0.717) is 71.0 Å². The fraction of sp³-hybridized carbons (Fsp3) is 0.330. The van der Waals surface area contributed by atoms with Crippen molar-refractivity contribution < 1.29 is 91.6 Å². The normalized spacial score (nSPS) is 11.5. The average molecular weight is 1920 g/mol. The first-order chi connectivity index (χ1) is 63.2. The third kappa shape index (κ3) is 41.5. The number of hydrogen-bond donors (Lipinski definition) is 10. The summed E-state index contributed by atoms with van der Waals surface area (Å²) < 4.78 is 35.8. The second kappa shape index (κ2) is 60.2. The van der Waals surface area contributed by atoms with Gasteiger partial charge in [0.15, 0.2) is 0 Å². The summed E-state index contributed by atoms with van der Waals surface area (Å²) in [7, 11) is 16.6. The van der Waals surface area contributed by atoms with Crippen molar-refractivity contribution in [2.45, 2.75) is 141 Å². The first-order valence-corrected chi connectivity index (χ1v) is 43.4. The molecule has 0 radical (unpaired) electrons. The van der Waals surface area contributed by atoms with Crippen LogP contribution in [0.5, 0.6) is 0 Å². The van der Waals surface area contributed by atoms with Crippen molar-refractivity contribution in [2.24, 2.45) is 5.73 Å². The Morgan fingerprint density at radius 1 is 0.371 bits per heavy atom. The number of aliphatic hydroxyl groups is 2. The van der Waals surface area contributed by atoms with Crippen LogP contribution in [0.2, 0.25) is 10.0 Å². The molecule has 0 bridgehead atoms. The molecule has 0 saturated carbocycles. The summed E-state index contributed by atoms with van der Waals surface area (Å²) in [6, 6.07) is 61.6. The first-order valence-electron chi connectivity index (χ1n) is 41.5. The molecule has 0 unspecified atom stereocenters. The fourth-order valence-electron chi connectivity index (χ4n) is 12.0. The number of anilines is 4. The maximum atomic E-state index is 12.6. The molecule has 4 amide bonds. The molecule has 35 heteroatoms. The lowest BCUT2D eigenvalue weighted by atomic mass is 10.0. The largest absolute Gasteiger partial charge is 0.480 e. The number of nitrogens with one attached hydrogen (secondary N) is 6.